The largest absolute Gasteiger partial charge is 0.497 e. The number of barbiturate groups is 1. The molecule has 0 saturated carbocycles. The van der Waals surface area contributed by atoms with Crippen molar-refractivity contribution in [3.63, 3.8) is 0 Å². The lowest BCUT2D eigenvalue weighted by Crippen LogP contribution is -2.62. The summed E-state index contributed by atoms with van der Waals surface area (Å²) in [6, 6.07) is 3.76. The van der Waals surface area contributed by atoms with Crippen molar-refractivity contribution in [3.05, 3.63) is 23.2 Å². The number of amides is 4. The zero-order chi connectivity index (χ0) is 15.1. The maximum Gasteiger partial charge on any atom is 0.335 e. The zero-order valence-electron chi connectivity index (χ0n) is 11.2. The number of nitrogens with one attached hydrogen (secondary N) is 1. The Morgan fingerprint density at radius 1 is 1.25 bits per heavy atom. The monoisotopic (exact) mass is 296 g/mol. The minimum absolute atomic E-state index is 0.175. The first kappa shape index (κ1) is 14.3. The number of rotatable bonds is 2. The standard InChI is InChI=1S/C13H13ClN2O4/c1-13(2)10(17)15-12(19)16(11(13)18)9-6-7(20-3)4-5-8(9)14/h4-6H,1-3H3,(H,15,17,19). The molecular weight excluding hydrogens is 284 g/mol. The Bertz CT molecular complexity index is 612. The normalized spacial score (nSPS) is 18.0. The fourth-order valence-corrected chi connectivity index (χ4v) is 1.99. The van der Waals surface area contributed by atoms with Crippen molar-refractivity contribution in [1.82, 2.24) is 5.32 Å². The third-order valence-electron chi connectivity index (χ3n) is 3.12. The van der Waals surface area contributed by atoms with E-state index in [-0.39, 0.29) is 10.7 Å². The Balaban J connectivity index is 2.53. The number of nitrogens with zero attached hydrogens (tertiary/aromatic N) is 1. The molecule has 1 saturated heterocycles. The van der Waals surface area contributed by atoms with E-state index in [2.05, 4.69) is 5.32 Å². The molecular formula is C13H13ClN2O4. The van der Waals surface area contributed by atoms with Crippen LogP contribution < -0.4 is 15.0 Å². The average molecular weight is 297 g/mol. The molecule has 0 aliphatic carbocycles. The molecule has 4 amide bonds. The van der Waals surface area contributed by atoms with Gasteiger partial charge in [0.2, 0.25) is 11.8 Å². The molecule has 0 radical (unpaired) electrons. The van der Waals surface area contributed by atoms with E-state index in [9.17, 15) is 14.4 Å². The van der Waals surface area contributed by atoms with Gasteiger partial charge in [0.25, 0.3) is 0 Å². The van der Waals surface area contributed by atoms with E-state index in [4.69, 9.17) is 16.3 Å². The molecule has 1 heterocycles. The molecule has 1 aliphatic rings. The second-order valence-corrected chi connectivity index (χ2v) is 5.25. The van der Waals surface area contributed by atoms with E-state index in [1.54, 1.807) is 6.07 Å². The Morgan fingerprint density at radius 3 is 2.50 bits per heavy atom. The van der Waals surface area contributed by atoms with E-state index in [1.807, 2.05) is 0 Å². The third kappa shape index (κ3) is 2.12. The first-order valence-electron chi connectivity index (χ1n) is 5.82. The van der Waals surface area contributed by atoms with Gasteiger partial charge in [0, 0.05) is 6.07 Å². The highest BCUT2D eigenvalue weighted by molar-refractivity contribution is 6.37. The number of methoxy groups -OCH3 is 1. The smallest absolute Gasteiger partial charge is 0.335 e. The van der Waals surface area contributed by atoms with Crippen molar-refractivity contribution in [2.75, 3.05) is 12.0 Å². The lowest BCUT2D eigenvalue weighted by Gasteiger charge is -2.34. The molecule has 0 unspecified atom stereocenters. The molecule has 0 spiro atoms. The highest BCUT2D eigenvalue weighted by Gasteiger charge is 2.48. The number of carbonyl (C=O) groups excluding carboxylic acids is 3. The van der Waals surface area contributed by atoms with Crippen LogP contribution in [0.15, 0.2) is 18.2 Å². The van der Waals surface area contributed by atoms with Crippen LogP contribution >= 0.6 is 11.6 Å². The maximum absolute atomic E-state index is 12.4. The maximum atomic E-state index is 12.4. The molecule has 0 atom stereocenters. The Morgan fingerprint density at radius 2 is 1.90 bits per heavy atom. The van der Waals surface area contributed by atoms with Gasteiger partial charge in [0.1, 0.15) is 11.2 Å². The van der Waals surface area contributed by atoms with E-state index in [0.29, 0.717) is 5.75 Å². The van der Waals surface area contributed by atoms with Crippen molar-refractivity contribution in [2.45, 2.75) is 13.8 Å². The molecule has 1 aliphatic heterocycles. The van der Waals surface area contributed by atoms with E-state index < -0.39 is 23.3 Å². The molecule has 2 rings (SSSR count). The van der Waals surface area contributed by atoms with Crippen LogP contribution in [0.1, 0.15) is 13.8 Å². The Kier molecular flexibility index (Phi) is 3.43. The average Bonchev–Trinajstić information content (AvgIpc) is 2.39. The topological polar surface area (TPSA) is 75.7 Å². The van der Waals surface area contributed by atoms with Gasteiger partial charge in [0.05, 0.1) is 17.8 Å². The molecule has 6 nitrogen and oxygen atoms in total. The van der Waals surface area contributed by atoms with Crippen molar-refractivity contribution in [3.8, 4) is 5.75 Å². The molecule has 1 aromatic carbocycles. The summed E-state index contributed by atoms with van der Waals surface area (Å²) >= 11 is 6.03. The summed E-state index contributed by atoms with van der Waals surface area (Å²) in [6.45, 7) is 2.89. The summed E-state index contributed by atoms with van der Waals surface area (Å²) in [4.78, 5) is 36.8. The quantitative estimate of drug-likeness (QED) is 0.847. The SMILES string of the molecule is COc1ccc(Cl)c(N2C(=O)NC(=O)C(C)(C)C2=O)c1. The van der Waals surface area contributed by atoms with Gasteiger partial charge in [0.15, 0.2) is 0 Å². The molecule has 0 aromatic heterocycles. The molecule has 7 heteroatoms. The molecule has 1 aromatic rings. The third-order valence-corrected chi connectivity index (χ3v) is 3.44. The van der Waals surface area contributed by atoms with Gasteiger partial charge in [-0.05, 0) is 26.0 Å². The fraction of sp³-hybridized carbons (Fsp3) is 0.308. The summed E-state index contributed by atoms with van der Waals surface area (Å²) < 4.78 is 5.05. The van der Waals surface area contributed by atoms with Gasteiger partial charge in [-0.2, -0.15) is 0 Å². The van der Waals surface area contributed by atoms with Crippen molar-refractivity contribution >= 4 is 35.1 Å². The minimum atomic E-state index is -1.35. The van der Waals surface area contributed by atoms with Crippen LogP contribution in [-0.4, -0.2) is 25.0 Å². The number of benzene rings is 1. The fourth-order valence-electron chi connectivity index (χ4n) is 1.79. The summed E-state index contributed by atoms with van der Waals surface area (Å²) in [7, 11) is 1.46. The summed E-state index contributed by atoms with van der Waals surface area (Å²) in [5.41, 5.74) is -1.17. The van der Waals surface area contributed by atoms with Crippen LogP contribution in [-0.2, 0) is 9.59 Å². The number of anilines is 1. The van der Waals surface area contributed by atoms with Crippen molar-refractivity contribution < 1.29 is 19.1 Å². The predicted molar refractivity (Wildman–Crippen MR) is 72.8 cm³/mol. The number of ether oxygens (including phenoxy) is 1. The molecule has 106 valence electrons. The van der Waals surface area contributed by atoms with Gasteiger partial charge < -0.3 is 4.74 Å². The van der Waals surface area contributed by atoms with Crippen molar-refractivity contribution in [1.29, 1.82) is 0 Å². The number of halogens is 1. The highest BCUT2D eigenvalue weighted by Crippen LogP contribution is 2.34. The van der Waals surface area contributed by atoms with Gasteiger partial charge in [-0.3, -0.25) is 14.9 Å². The number of urea groups is 1. The predicted octanol–water partition coefficient (Wildman–Crippen LogP) is 1.96. The molecule has 1 fully saturated rings. The second-order valence-electron chi connectivity index (χ2n) is 4.84. The van der Waals surface area contributed by atoms with Crippen LogP contribution in [0.25, 0.3) is 0 Å². The lowest BCUT2D eigenvalue weighted by atomic mass is 9.88. The van der Waals surface area contributed by atoms with E-state index in [0.717, 1.165) is 4.90 Å². The van der Waals surface area contributed by atoms with Crippen LogP contribution in [0, 0.1) is 5.41 Å². The zero-order valence-corrected chi connectivity index (χ0v) is 11.9. The van der Waals surface area contributed by atoms with Crippen LogP contribution in [0.4, 0.5) is 10.5 Å². The molecule has 1 N–H and O–H groups in total. The van der Waals surface area contributed by atoms with Gasteiger partial charge in [-0.15, -0.1) is 0 Å². The number of hydrogen-bond donors (Lipinski definition) is 1. The van der Waals surface area contributed by atoms with E-state index in [1.165, 1.54) is 33.1 Å². The Hall–Kier alpha value is -2.08. The van der Waals surface area contributed by atoms with Crippen molar-refractivity contribution in [2.24, 2.45) is 5.41 Å². The van der Waals surface area contributed by atoms with Crippen LogP contribution in [0.3, 0.4) is 0 Å². The molecule has 0 bridgehead atoms. The lowest BCUT2D eigenvalue weighted by molar-refractivity contribution is -0.140. The van der Waals surface area contributed by atoms with Gasteiger partial charge in [-0.25, -0.2) is 9.69 Å². The summed E-state index contributed by atoms with van der Waals surface area (Å²) in [6.07, 6.45) is 0. The van der Waals surface area contributed by atoms with Crippen LogP contribution in [0.2, 0.25) is 5.02 Å². The number of imide groups is 2. The van der Waals surface area contributed by atoms with Gasteiger partial charge >= 0.3 is 6.03 Å². The van der Waals surface area contributed by atoms with Crippen LogP contribution in [0.5, 0.6) is 5.75 Å². The second kappa shape index (κ2) is 4.79. The number of carbonyl (C=O) groups is 3. The van der Waals surface area contributed by atoms with E-state index >= 15 is 0 Å². The first-order valence-corrected chi connectivity index (χ1v) is 6.20. The highest BCUT2D eigenvalue weighted by atomic mass is 35.5. The molecule has 20 heavy (non-hydrogen) atoms. The summed E-state index contributed by atoms with van der Waals surface area (Å²) in [5.74, 6) is -0.830. The minimum Gasteiger partial charge on any atom is -0.497 e. The summed E-state index contributed by atoms with van der Waals surface area (Å²) in [5, 5.41) is 2.35. The number of hydrogen-bond acceptors (Lipinski definition) is 4. The first-order chi connectivity index (χ1) is 9.28. The van der Waals surface area contributed by atoms with Gasteiger partial charge in [-0.1, -0.05) is 11.6 Å². The Labute approximate surface area is 120 Å².